The maximum absolute atomic E-state index is 8.63. The van der Waals surface area contributed by atoms with Gasteiger partial charge < -0.3 is 15.8 Å². The van der Waals surface area contributed by atoms with Gasteiger partial charge in [0.25, 0.3) is 0 Å². The highest BCUT2D eigenvalue weighted by atomic mass is 16.5. The minimum atomic E-state index is 0.123. The Morgan fingerprint density at radius 2 is 2.47 bits per heavy atom. The summed E-state index contributed by atoms with van der Waals surface area (Å²) in [5, 5.41) is 11.7. The lowest BCUT2D eigenvalue weighted by atomic mass is 10.2. The molecule has 5 heteroatoms. The van der Waals surface area contributed by atoms with Crippen molar-refractivity contribution in [2.24, 2.45) is 0 Å². The Hall–Kier alpha value is -1.80. The van der Waals surface area contributed by atoms with Crippen LogP contribution >= 0.6 is 0 Å². The number of nitrogen functional groups attached to an aromatic ring is 1. The second kappa shape index (κ2) is 5.17. The average Bonchev–Trinajstić information content (AvgIpc) is 2.21. The van der Waals surface area contributed by atoms with Gasteiger partial charge in [0.15, 0.2) is 0 Å². The van der Waals surface area contributed by atoms with E-state index >= 15 is 0 Å². The number of hydrogen-bond acceptors (Lipinski definition) is 5. The summed E-state index contributed by atoms with van der Waals surface area (Å²) in [5.41, 5.74) is 6.65. The second-order valence-corrected chi connectivity index (χ2v) is 3.27. The summed E-state index contributed by atoms with van der Waals surface area (Å²) in [6.45, 7) is 2.53. The van der Waals surface area contributed by atoms with E-state index < -0.39 is 0 Å². The standard InChI is InChI=1S/C10H14N4O/c1-7(6-15-2)14-10-9(12)3-8(4-11)5-13-10/h3,5,7H,6,12H2,1-2H3,(H,13,14). The molecule has 0 radical (unpaired) electrons. The van der Waals surface area contributed by atoms with E-state index in [1.54, 1.807) is 13.2 Å². The lowest BCUT2D eigenvalue weighted by Crippen LogP contribution is -2.22. The topological polar surface area (TPSA) is 84.0 Å². The van der Waals surface area contributed by atoms with Crippen molar-refractivity contribution in [1.82, 2.24) is 4.98 Å². The van der Waals surface area contributed by atoms with Crippen LogP contribution in [-0.4, -0.2) is 24.7 Å². The number of pyridine rings is 1. The van der Waals surface area contributed by atoms with Gasteiger partial charge in [-0.25, -0.2) is 4.98 Å². The first-order valence-corrected chi connectivity index (χ1v) is 4.58. The second-order valence-electron chi connectivity index (χ2n) is 3.27. The van der Waals surface area contributed by atoms with E-state index in [0.29, 0.717) is 23.7 Å². The first kappa shape index (κ1) is 11.3. The largest absolute Gasteiger partial charge is 0.396 e. The van der Waals surface area contributed by atoms with Gasteiger partial charge in [-0.15, -0.1) is 0 Å². The first-order chi connectivity index (χ1) is 7.17. The molecule has 0 aliphatic rings. The summed E-state index contributed by atoms with van der Waals surface area (Å²) in [7, 11) is 1.63. The van der Waals surface area contributed by atoms with Crippen LogP contribution in [0.3, 0.4) is 0 Å². The number of rotatable bonds is 4. The minimum Gasteiger partial charge on any atom is -0.396 e. The number of methoxy groups -OCH3 is 1. The Morgan fingerprint density at radius 3 is 3.00 bits per heavy atom. The zero-order chi connectivity index (χ0) is 11.3. The molecule has 0 spiro atoms. The summed E-state index contributed by atoms with van der Waals surface area (Å²) >= 11 is 0. The Bertz CT molecular complexity index is 372. The third-order valence-electron chi connectivity index (χ3n) is 1.85. The molecule has 5 nitrogen and oxygen atoms in total. The van der Waals surface area contributed by atoms with Crippen molar-refractivity contribution in [3.63, 3.8) is 0 Å². The van der Waals surface area contributed by atoms with Crippen LogP contribution in [0, 0.1) is 11.3 Å². The van der Waals surface area contributed by atoms with E-state index in [0.717, 1.165) is 0 Å². The SMILES string of the molecule is COCC(C)Nc1ncc(C#N)cc1N. The summed E-state index contributed by atoms with van der Waals surface area (Å²) in [4.78, 5) is 4.06. The molecule has 15 heavy (non-hydrogen) atoms. The summed E-state index contributed by atoms with van der Waals surface area (Å²) < 4.78 is 4.98. The molecular weight excluding hydrogens is 192 g/mol. The smallest absolute Gasteiger partial charge is 0.149 e. The normalized spacial score (nSPS) is 11.8. The predicted molar refractivity (Wildman–Crippen MR) is 58.3 cm³/mol. The maximum Gasteiger partial charge on any atom is 0.149 e. The van der Waals surface area contributed by atoms with Crippen LogP contribution in [-0.2, 0) is 4.74 Å². The highest BCUT2D eigenvalue weighted by Gasteiger charge is 2.06. The molecule has 0 amide bonds. The number of nitriles is 1. The summed E-state index contributed by atoms with van der Waals surface area (Å²) in [6, 6.07) is 3.69. The maximum atomic E-state index is 8.63. The third kappa shape index (κ3) is 3.11. The molecular formula is C10H14N4O. The Balaban J connectivity index is 2.74. The lowest BCUT2D eigenvalue weighted by molar-refractivity contribution is 0.190. The molecule has 3 N–H and O–H groups in total. The van der Waals surface area contributed by atoms with Crippen LogP contribution in [0.2, 0.25) is 0 Å². The number of ether oxygens (including phenoxy) is 1. The molecule has 0 saturated heterocycles. The summed E-state index contributed by atoms with van der Waals surface area (Å²) in [6.07, 6.45) is 1.48. The third-order valence-corrected chi connectivity index (χ3v) is 1.85. The molecule has 80 valence electrons. The van der Waals surface area contributed by atoms with E-state index in [-0.39, 0.29) is 6.04 Å². The Kier molecular flexibility index (Phi) is 3.89. The fourth-order valence-electron chi connectivity index (χ4n) is 1.19. The van der Waals surface area contributed by atoms with E-state index in [2.05, 4.69) is 10.3 Å². The van der Waals surface area contributed by atoms with Gasteiger partial charge in [-0.1, -0.05) is 0 Å². The molecule has 0 saturated carbocycles. The van der Waals surface area contributed by atoms with Gasteiger partial charge in [0.1, 0.15) is 11.9 Å². The number of nitrogens with two attached hydrogens (primary N) is 1. The fraction of sp³-hybridized carbons (Fsp3) is 0.400. The van der Waals surface area contributed by atoms with Crippen molar-refractivity contribution in [3.05, 3.63) is 17.8 Å². The van der Waals surface area contributed by atoms with E-state index in [4.69, 9.17) is 15.7 Å². The molecule has 1 rings (SSSR count). The van der Waals surface area contributed by atoms with Gasteiger partial charge >= 0.3 is 0 Å². The number of anilines is 2. The quantitative estimate of drug-likeness (QED) is 0.767. The molecule has 1 atom stereocenters. The zero-order valence-corrected chi connectivity index (χ0v) is 8.82. The van der Waals surface area contributed by atoms with Crippen LogP contribution in [0.15, 0.2) is 12.3 Å². The number of nitrogens with one attached hydrogen (secondary N) is 1. The van der Waals surface area contributed by atoms with Gasteiger partial charge in [-0.3, -0.25) is 0 Å². The number of hydrogen-bond donors (Lipinski definition) is 2. The molecule has 0 aromatic carbocycles. The van der Waals surface area contributed by atoms with Crippen molar-refractivity contribution in [2.45, 2.75) is 13.0 Å². The van der Waals surface area contributed by atoms with Crippen LogP contribution in [0.1, 0.15) is 12.5 Å². The first-order valence-electron chi connectivity index (χ1n) is 4.58. The van der Waals surface area contributed by atoms with Crippen molar-refractivity contribution >= 4 is 11.5 Å². The monoisotopic (exact) mass is 206 g/mol. The van der Waals surface area contributed by atoms with Crippen LogP contribution in [0.4, 0.5) is 11.5 Å². The highest BCUT2D eigenvalue weighted by molar-refractivity contribution is 5.63. The lowest BCUT2D eigenvalue weighted by Gasteiger charge is -2.14. The van der Waals surface area contributed by atoms with Gasteiger partial charge in [0.05, 0.1) is 17.9 Å². The van der Waals surface area contributed by atoms with Gasteiger partial charge in [-0.05, 0) is 13.0 Å². The van der Waals surface area contributed by atoms with Gasteiger partial charge in [0, 0.05) is 19.3 Å². The number of aromatic nitrogens is 1. The van der Waals surface area contributed by atoms with Crippen LogP contribution in [0.5, 0.6) is 0 Å². The van der Waals surface area contributed by atoms with Crippen molar-refractivity contribution in [1.29, 1.82) is 5.26 Å². The average molecular weight is 206 g/mol. The Morgan fingerprint density at radius 1 is 1.73 bits per heavy atom. The van der Waals surface area contributed by atoms with Crippen LogP contribution < -0.4 is 11.1 Å². The molecule has 0 aliphatic carbocycles. The van der Waals surface area contributed by atoms with E-state index in [9.17, 15) is 0 Å². The van der Waals surface area contributed by atoms with Crippen LogP contribution in [0.25, 0.3) is 0 Å². The molecule has 1 aromatic heterocycles. The van der Waals surface area contributed by atoms with Gasteiger partial charge in [0.2, 0.25) is 0 Å². The zero-order valence-electron chi connectivity index (χ0n) is 8.82. The van der Waals surface area contributed by atoms with E-state index in [1.807, 2.05) is 13.0 Å². The molecule has 0 aliphatic heterocycles. The molecule has 0 bridgehead atoms. The molecule has 1 aromatic rings. The molecule has 1 unspecified atom stereocenters. The van der Waals surface area contributed by atoms with Gasteiger partial charge in [-0.2, -0.15) is 5.26 Å². The predicted octanol–water partition coefficient (Wildman–Crippen LogP) is 0.982. The molecule has 0 fully saturated rings. The summed E-state index contributed by atoms with van der Waals surface area (Å²) in [5.74, 6) is 0.582. The highest BCUT2D eigenvalue weighted by Crippen LogP contribution is 2.16. The Labute approximate surface area is 88.9 Å². The van der Waals surface area contributed by atoms with Crippen molar-refractivity contribution in [2.75, 3.05) is 24.8 Å². The van der Waals surface area contributed by atoms with E-state index in [1.165, 1.54) is 6.20 Å². The van der Waals surface area contributed by atoms with Crippen molar-refractivity contribution in [3.8, 4) is 6.07 Å². The molecule has 1 heterocycles. The minimum absolute atomic E-state index is 0.123. The van der Waals surface area contributed by atoms with Crippen molar-refractivity contribution < 1.29 is 4.74 Å². The number of nitrogens with zero attached hydrogens (tertiary/aromatic N) is 2. The fourth-order valence-corrected chi connectivity index (χ4v) is 1.19.